The summed E-state index contributed by atoms with van der Waals surface area (Å²) in [5, 5.41) is 3.49. The highest BCUT2D eigenvalue weighted by atomic mass is 32.2. The fourth-order valence-corrected chi connectivity index (χ4v) is 5.22. The summed E-state index contributed by atoms with van der Waals surface area (Å²) in [7, 11) is -1.68. The Bertz CT molecular complexity index is 452. The van der Waals surface area contributed by atoms with E-state index in [-0.39, 0.29) is 12.1 Å². The number of nitrogens with zero attached hydrogens (tertiary/aromatic N) is 2. The lowest BCUT2D eigenvalue weighted by Crippen LogP contribution is -2.53. The molecule has 2 heterocycles. The molecule has 0 aromatic carbocycles. The third kappa shape index (κ3) is 3.59. The molecule has 2 atom stereocenters. The van der Waals surface area contributed by atoms with Crippen molar-refractivity contribution in [3.63, 3.8) is 0 Å². The van der Waals surface area contributed by atoms with Gasteiger partial charge in [0.15, 0.2) is 0 Å². The number of piperidine rings is 1. The Balaban J connectivity index is 1.65. The zero-order valence-electron chi connectivity index (χ0n) is 12.8. The Labute approximate surface area is 128 Å². The number of hydrogen-bond donors (Lipinski definition) is 1. The highest BCUT2D eigenvalue weighted by molar-refractivity contribution is 7.86. The molecule has 122 valence electrons. The van der Waals surface area contributed by atoms with Crippen molar-refractivity contribution >= 4 is 10.2 Å². The van der Waals surface area contributed by atoms with Crippen LogP contribution in [0.1, 0.15) is 38.5 Å². The highest BCUT2D eigenvalue weighted by Gasteiger charge is 2.40. The second kappa shape index (κ2) is 6.50. The summed E-state index contributed by atoms with van der Waals surface area (Å²) in [6.07, 6.45) is 6.40. The van der Waals surface area contributed by atoms with Gasteiger partial charge in [-0.2, -0.15) is 17.0 Å². The number of methoxy groups -OCH3 is 1. The van der Waals surface area contributed by atoms with Gasteiger partial charge in [-0.1, -0.05) is 6.42 Å². The van der Waals surface area contributed by atoms with Gasteiger partial charge in [0.1, 0.15) is 0 Å². The smallest absolute Gasteiger partial charge is 0.282 e. The molecule has 3 rings (SSSR count). The van der Waals surface area contributed by atoms with E-state index in [4.69, 9.17) is 4.74 Å². The summed E-state index contributed by atoms with van der Waals surface area (Å²) in [5.74, 6) is 0. The van der Waals surface area contributed by atoms with E-state index in [0.29, 0.717) is 25.7 Å². The van der Waals surface area contributed by atoms with Crippen molar-refractivity contribution in [3.8, 4) is 0 Å². The molecular weight excluding hydrogens is 290 g/mol. The molecule has 0 bridgehead atoms. The summed E-state index contributed by atoms with van der Waals surface area (Å²) in [5.41, 5.74) is 0. The molecule has 1 aliphatic carbocycles. The van der Waals surface area contributed by atoms with Crippen molar-refractivity contribution in [2.75, 3.05) is 33.3 Å². The van der Waals surface area contributed by atoms with Crippen LogP contribution in [0.5, 0.6) is 0 Å². The van der Waals surface area contributed by atoms with Crippen molar-refractivity contribution in [2.24, 2.45) is 0 Å². The van der Waals surface area contributed by atoms with Crippen molar-refractivity contribution in [1.82, 2.24) is 13.9 Å². The van der Waals surface area contributed by atoms with Gasteiger partial charge in [0.05, 0.1) is 6.10 Å². The van der Waals surface area contributed by atoms with E-state index in [9.17, 15) is 8.42 Å². The van der Waals surface area contributed by atoms with E-state index >= 15 is 0 Å². The van der Waals surface area contributed by atoms with Gasteiger partial charge < -0.3 is 10.1 Å². The van der Waals surface area contributed by atoms with Gasteiger partial charge in [0.25, 0.3) is 10.2 Å². The quantitative estimate of drug-likeness (QED) is 0.777. The molecule has 0 spiro atoms. The summed E-state index contributed by atoms with van der Waals surface area (Å²) in [6, 6.07) is 0.743. The molecule has 21 heavy (non-hydrogen) atoms. The van der Waals surface area contributed by atoms with Gasteiger partial charge >= 0.3 is 0 Å². The number of hydrogen-bond acceptors (Lipinski definition) is 4. The fraction of sp³-hybridized carbons (Fsp3) is 1.00. The van der Waals surface area contributed by atoms with Gasteiger partial charge in [-0.15, -0.1) is 0 Å². The van der Waals surface area contributed by atoms with Crippen molar-refractivity contribution in [1.29, 1.82) is 0 Å². The maximum atomic E-state index is 12.9. The van der Waals surface area contributed by atoms with Crippen molar-refractivity contribution in [2.45, 2.75) is 56.7 Å². The lowest BCUT2D eigenvalue weighted by Gasteiger charge is -2.37. The minimum atomic E-state index is -3.33. The van der Waals surface area contributed by atoms with Crippen LogP contribution >= 0.6 is 0 Å². The lowest BCUT2D eigenvalue weighted by atomic mass is 10.1. The van der Waals surface area contributed by atoms with Gasteiger partial charge in [-0.05, 0) is 32.1 Å². The number of rotatable bonds is 6. The summed E-state index contributed by atoms with van der Waals surface area (Å²) in [4.78, 5) is 0. The van der Waals surface area contributed by atoms with Crippen LogP contribution in [0.25, 0.3) is 0 Å². The predicted molar refractivity (Wildman–Crippen MR) is 81.3 cm³/mol. The average molecular weight is 317 g/mol. The standard InChI is InChI=1S/C14H27N3O3S/c1-20-14-7-9-16(11-14)21(18,19)17-8-3-2-4-13(17)10-15-12-5-6-12/h12-15H,2-11H2,1H3. The van der Waals surface area contributed by atoms with Crippen LogP contribution in [0, 0.1) is 0 Å². The van der Waals surface area contributed by atoms with Crippen LogP contribution in [0.15, 0.2) is 0 Å². The Morgan fingerprint density at radius 1 is 1.14 bits per heavy atom. The monoisotopic (exact) mass is 317 g/mol. The third-order valence-corrected chi connectivity index (χ3v) is 6.91. The summed E-state index contributed by atoms with van der Waals surface area (Å²) in [6.45, 7) is 2.54. The van der Waals surface area contributed by atoms with Crippen LogP contribution in [0.4, 0.5) is 0 Å². The third-order valence-electron chi connectivity index (χ3n) is 4.86. The van der Waals surface area contributed by atoms with Crippen molar-refractivity contribution < 1.29 is 13.2 Å². The molecule has 0 aromatic heterocycles. The maximum absolute atomic E-state index is 12.9. The zero-order chi connectivity index (χ0) is 14.9. The Morgan fingerprint density at radius 2 is 1.95 bits per heavy atom. The fourth-order valence-electron chi connectivity index (χ4n) is 3.32. The van der Waals surface area contributed by atoms with E-state index in [2.05, 4.69) is 5.32 Å². The first-order valence-electron chi connectivity index (χ1n) is 8.14. The number of nitrogens with one attached hydrogen (secondary N) is 1. The summed E-state index contributed by atoms with van der Waals surface area (Å²) >= 11 is 0. The first-order valence-corrected chi connectivity index (χ1v) is 9.54. The Kier molecular flexibility index (Phi) is 4.85. The molecule has 2 aliphatic heterocycles. The molecule has 0 amide bonds. The summed E-state index contributed by atoms with van der Waals surface area (Å²) < 4.78 is 34.4. The number of ether oxygens (including phenoxy) is 1. The molecular formula is C14H27N3O3S. The van der Waals surface area contributed by atoms with E-state index in [1.807, 2.05) is 0 Å². The van der Waals surface area contributed by atoms with Crippen molar-refractivity contribution in [3.05, 3.63) is 0 Å². The largest absolute Gasteiger partial charge is 0.380 e. The first kappa shape index (κ1) is 15.7. The van der Waals surface area contributed by atoms with Crippen LogP contribution in [0.3, 0.4) is 0 Å². The van der Waals surface area contributed by atoms with Gasteiger partial charge in [0, 0.05) is 45.4 Å². The first-order chi connectivity index (χ1) is 10.1. The second-order valence-electron chi connectivity index (χ2n) is 6.46. The lowest BCUT2D eigenvalue weighted by molar-refractivity contribution is 0.114. The molecule has 2 saturated heterocycles. The topological polar surface area (TPSA) is 61.9 Å². The maximum Gasteiger partial charge on any atom is 0.282 e. The van der Waals surface area contributed by atoms with Gasteiger partial charge in [-0.25, -0.2) is 0 Å². The van der Waals surface area contributed by atoms with Crippen LogP contribution in [-0.2, 0) is 14.9 Å². The normalized spacial score (nSPS) is 32.6. The average Bonchev–Trinajstić information content (AvgIpc) is 3.19. The molecule has 3 aliphatic rings. The zero-order valence-corrected chi connectivity index (χ0v) is 13.6. The van der Waals surface area contributed by atoms with Crippen LogP contribution in [0.2, 0.25) is 0 Å². The molecule has 0 aromatic rings. The van der Waals surface area contributed by atoms with Crippen LogP contribution in [-0.4, -0.2) is 68.5 Å². The Morgan fingerprint density at radius 3 is 2.62 bits per heavy atom. The Hall–Kier alpha value is -0.210. The predicted octanol–water partition coefficient (Wildman–Crippen LogP) is 0.558. The second-order valence-corrected chi connectivity index (χ2v) is 8.34. The molecule has 1 N–H and O–H groups in total. The molecule has 0 radical (unpaired) electrons. The van der Waals surface area contributed by atoms with Gasteiger partial charge in [0.2, 0.25) is 0 Å². The molecule has 7 heteroatoms. The SMILES string of the molecule is COC1CCN(S(=O)(=O)N2CCCCC2CNC2CC2)C1. The molecule has 2 unspecified atom stereocenters. The van der Waals surface area contributed by atoms with Gasteiger partial charge in [-0.3, -0.25) is 0 Å². The minimum absolute atomic E-state index is 0.0487. The van der Waals surface area contributed by atoms with E-state index in [1.54, 1.807) is 15.7 Å². The van der Waals surface area contributed by atoms with Crippen LogP contribution < -0.4 is 5.32 Å². The molecule has 3 fully saturated rings. The van der Waals surface area contributed by atoms with E-state index < -0.39 is 10.2 Å². The highest BCUT2D eigenvalue weighted by Crippen LogP contribution is 2.26. The molecule has 6 nitrogen and oxygen atoms in total. The molecule has 1 saturated carbocycles. The van der Waals surface area contributed by atoms with E-state index in [0.717, 1.165) is 32.2 Å². The minimum Gasteiger partial charge on any atom is -0.380 e. The van der Waals surface area contributed by atoms with E-state index in [1.165, 1.54) is 12.8 Å².